The first-order chi connectivity index (χ1) is 20.1. The molecule has 3 rings (SSSR count). The van der Waals surface area contributed by atoms with Gasteiger partial charge < -0.3 is 28.8 Å². The van der Waals surface area contributed by atoms with E-state index in [1.54, 1.807) is 7.11 Å². The normalized spacial score (nSPS) is 26.2. The average Bonchev–Trinajstić information content (AvgIpc) is 2.98. The van der Waals surface area contributed by atoms with Crippen LogP contribution in [0.15, 0.2) is 30.3 Å². The van der Waals surface area contributed by atoms with Crippen molar-refractivity contribution in [3.05, 3.63) is 35.9 Å². The van der Waals surface area contributed by atoms with Crippen LogP contribution in [0.1, 0.15) is 115 Å². The summed E-state index contributed by atoms with van der Waals surface area (Å²) in [6.45, 7) is 0.566. The van der Waals surface area contributed by atoms with Crippen LogP contribution < -0.4 is 0 Å². The van der Waals surface area contributed by atoms with Gasteiger partial charge in [-0.3, -0.25) is 0 Å². The molecule has 7 atom stereocenters. The van der Waals surface area contributed by atoms with Crippen molar-refractivity contribution in [2.75, 3.05) is 7.11 Å². The molecule has 2 saturated heterocycles. The molecule has 0 radical (unpaired) electrons. The lowest BCUT2D eigenvalue weighted by Gasteiger charge is -2.37. The molecule has 6 nitrogen and oxygen atoms in total. The number of aliphatic hydroxyl groups is 1. The van der Waals surface area contributed by atoms with Crippen LogP contribution in [0.2, 0.25) is 0 Å². The zero-order chi connectivity index (χ0) is 29.1. The summed E-state index contributed by atoms with van der Waals surface area (Å²) in [6, 6.07) is 10.2. The molecule has 1 aromatic carbocycles. The van der Waals surface area contributed by atoms with Gasteiger partial charge in [0.05, 0.1) is 49.3 Å². The molecule has 0 bridgehead atoms. The number of aliphatic hydroxyl groups excluding tert-OH is 1. The summed E-state index contributed by atoms with van der Waals surface area (Å²) in [7, 11) is 1.76. The van der Waals surface area contributed by atoms with Crippen LogP contribution in [0.5, 0.6) is 0 Å². The smallest absolute Gasteiger partial charge is 0.122 e. The first kappa shape index (κ1) is 33.7. The Morgan fingerprint density at radius 2 is 1.61 bits per heavy atom. The highest BCUT2D eigenvalue weighted by atomic mass is 16.5. The van der Waals surface area contributed by atoms with Crippen molar-refractivity contribution in [2.24, 2.45) is 0 Å². The van der Waals surface area contributed by atoms with Crippen molar-refractivity contribution in [3.63, 3.8) is 0 Å². The Labute approximate surface area is 248 Å². The predicted molar refractivity (Wildman–Crippen MR) is 163 cm³/mol. The first-order valence-electron chi connectivity index (χ1n) is 16.1. The van der Waals surface area contributed by atoms with Crippen molar-refractivity contribution >= 4 is 6.29 Å². The number of aldehydes is 1. The molecule has 2 unspecified atom stereocenters. The molecule has 230 valence electrons. The Morgan fingerprint density at radius 3 is 2.34 bits per heavy atom. The molecule has 0 aliphatic carbocycles. The summed E-state index contributed by atoms with van der Waals surface area (Å²) in [5, 5.41) is 10.6. The molecular weight excluding hydrogens is 516 g/mol. The number of unbranched alkanes of at least 4 members (excludes halogenated alkanes) is 6. The van der Waals surface area contributed by atoms with E-state index >= 15 is 0 Å². The maximum Gasteiger partial charge on any atom is 0.122 e. The molecule has 41 heavy (non-hydrogen) atoms. The van der Waals surface area contributed by atoms with Crippen LogP contribution in [0, 0.1) is 12.3 Å². The molecule has 2 aliphatic heterocycles. The zero-order valence-corrected chi connectivity index (χ0v) is 25.3. The maximum atomic E-state index is 11.3. The molecule has 2 heterocycles. The molecule has 2 aliphatic rings. The summed E-state index contributed by atoms with van der Waals surface area (Å²) >= 11 is 0. The monoisotopic (exact) mass is 570 g/mol. The van der Waals surface area contributed by atoms with E-state index in [0.29, 0.717) is 13.0 Å². The number of methoxy groups -OCH3 is 1. The minimum atomic E-state index is -0.295. The Kier molecular flexibility index (Phi) is 16.6. The summed E-state index contributed by atoms with van der Waals surface area (Å²) < 4.78 is 24.9. The summed E-state index contributed by atoms with van der Waals surface area (Å²) in [5.41, 5.74) is 1.15. The number of benzene rings is 1. The number of hydrogen-bond donors (Lipinski definition) is 1. The van der Waals surface area contributed by atoms with E-state index in [2.05, 4.69) is 18.1 Å². The number of ether oxygens (including phenoxy) is 4. The van der Waals surface area contributed by atoms with Crippen LogP contribution in [-0.4, -0.2) is 61.2 Å². The molecule has 0 saturated carbocycles. The van der Waals surface area contributed by atoms with E-state index in [9.17, 15) is 9.90 Å². The lowest BCUT2D eigenvalue weighted by Crippen LogP contribution is -2.40. The van der Waals surface area contributed by atoms with E-state index in [4.69, 9.17) is 25.4 Å². The molecule has 1 aromatic rings. The minimum absolute atomic E-state index is 0.0130. The fourth-order valence-electron chi connectivity index (χ4n) is 6.34. The number of carbonyl (C=O) groups excluding carboxylic acids is 1. The largest absolute Gasteiger partial charge is 0.393 e. The number of rotatable bonds is 20. The molecule has 6 heteroatoms. The van der Waals surface area contributed by atoms with Gasteiger partial charge in [0.25, 0.3) is 0 Å². The second-order valence-corrected chi connectivity index (χ2v) is 12.1. The number of carbonyl (C=O) groups is 1. The van der Waals surface area contributed by atoms with Crippen LogP contribution in [0.4, 0.5) is 0 Å². The van der Waals surface area contributed by atoms with Crippen LogP contribution in [0.25, 0.3) is 0 Å². The van der Waals surface area contributed by atoms with Gasteiger partial charge in [0.1, 0.15) is 6.29 Å². The van der Waals surface area contributed by atoms with E-state index < -0.39 is 0 Å². The molecular formula is C35H54O6. The zero-order valence-electron chi connectivity index (χ0n) is 25.3. The van der Waals surface area contributed by atoms with E-state index in [1.165, 1.54) is 25.7 Å². The van der Waals surface area contributed by atoms with Gasteiger partial charge in [-0.15, -0.1) is 12.3 Å². The third kappa shape index (κ3) is 13.8. The highest BCUT2D eigenvalue weighted by Gasteiger charge is 2.33. The van der Waals surface area contributed by atoms with Crippen molar-refractivity contribution in [1.29, 1.82) is 0 Å². The predicted octanol–water partition coefficient (Wildman–Crippen LogP) is 6.95. The fraction of sp³-hybridized carbons (Fsp3) is 0.743. The van der Waals surface area contributed by atoms with Crippen LogP contribution in [-0.2, 0) is 30.3 Å². The van der Waals surface area contributed by atoms with Crippen molar-refractivity contribution in [3.8, 4) is 12.3 Å². The van der Waals surface area contributed by atoms with E-state index in [-0.39, 0.29) is 42.7 Å². The maximum absolute atomic E-state index is 11.3. The van der Waals surface area contributed by atoms with Crippen LogP contribution in [0.3, 0.4) is 0 Å². The Hall–Kier alpha value is -1.75. The second-order valence-electron chi connectivity index (χ2n) is 12.1. The summed E-state index contributed by atoms with van der Waals surface area (Å²) in [5.74, 6) is 2.70. The second kappa shape index (κ2) is 20.2. The van der Waals surface area contributed by atoms with Gasteiger partial charge in [0.15, 0.2) is 0 Å². The first-order valence-corrected chi connectivity index (χ1v) is 16.1. The van der Waals surface area contributed by atoms with Gasteiger partial charge in [0, 0.05) is 26.4 Å². The summed E-state index contributed by atoms with van der Waals surface area (Å²) in [4.78, 5) is 11.3. The topological polar surface area (TPSA) is 74.2 Å². The number of terminal acetylenes is 1. The highest BCUT2D eigenvalue weighted by molar-refractivity contribution is 5.50. The van der Waals surface area contributed by atoms with E-state index in [0.717, 1.165) is 88.9 Å². The lowest BCUT2D eigenvalue weighted by molar-refractivity contribution is -0.141. The van der Waals surface area contributed by atoms with Gasteiger partial charge in [0.2, 0.25) is 0 Å². The van der Waals surface area contributed by atoms with Gasteiger partial charge in [-0.1, -0.05) is 62.4 Å². The van der Waals surface area contributed by atoms with Crippen molar-refractivity contribution in [2.45, 2.75) is 158 Å². The van der Waals surface area contributed by atoms with Gasteiger partial charge in [-0.2, -0.15) is 0 Å². The SMILES string of the molecule is C#CCCCCCCCC[C@H](O)C[C@@H]1CCCC(C[C@H](CC2C[C@H](OCc3ccccc3)C[C@@H](CC=O)O2)OC)O1. The van der Waals surface area contributed by atoms with Crippen LogP contribution >= 0.6 is 0 Å². The Morgan fingerprint density at radius 1 is 0.951 bits per heavy atom. The average molecular weight is 571 g/mol. The standard InChI is InChI=1S/C35H54O6/c1-3-4-5-6-7-8-9-13-17-29(37)22-30-18-14-19-31(40-30)23-33(38-2)25-35-26-34(24-32(41-35)20-21-36)39-27-28-15-11-10-12-16-28/h1,10-12,15-16,21,29-35,37H,4-9,13-14,17-20,22-27H2,2H3/t29-,30-,31?,32+,33+,34+,35?/m0/s1. The van der Waals surface area contributed by atoms with Gasteiger partial charge >= 0.3 is 0 Å². The highest BCUT2D eigenvalue weighted by Crippen LogP contribution is 2.31. The minimum Gasteiger partial charge on any atom is -0.393 e. The molecule has 2 fully saturated rings. The Balaban J connectivity index is 1.38. The lowest BCUT2D eigenvalue weighted by atomic mass is 9.92. The molecule has 0 amide bonds. The van der Waals surface area contributed by atoms with Gasteiger partial charge in [-0.05, 0) is 63.4 Å². The summed E-state index contributed by atoms with van der Waals surface area (Å²) in [6.07, 6.45) is 22.3. The molecule has 1 N–H and O–H groups in total. The Bertz CT molecular complexity index is 854. The molecule has 0 aromatic heterocycles. The van der Waals surface area contributed by atoms with Crippen molar-refractivity contribution < 1.29 is 28.8 Å². The van der Waals surface area contributed by atoms with Crippen molar-refractivity contribution in [1.82, 2.24) is 0 Å². The third-order valence-corrected chi connectivity index (χ3v) is 8.59. The van der Waals surface area contributed by atoms with E-state index in [1.807, 2.05) is 18.2 Å². The van der Waals surface area contributed by atoms with Gasteiger partial charge in [-0.25, -0.2) is 0 Å². The fourth-order valence-corrected chi connectivity index (χ4v) is 6.34. The third-order valence-electron chi connectivity index (χ3n) is 8.59. The number of hydrogen-bond acceptors (Lipinski definition) is 6. The molecule has 0 spiro atoms. The quantitative estimate of drug-likeness (QED) is 0.104.